The molecular formula is C24H29N5O2. The third-order valence-corrected chi connectivity index (χ3v) is 5.77. The van der Waals surface area contributed by atoms with E-state index in [1.54, 1.807) is 0 Å². The van der Waals surface area contributed by atoms with Gasteiger partial charge in [0.1, 0.15) is 12.4 Å². The zero-order chi connectivity index (χ0) is 21.6. The average molecular weight is 420 g/mol. The first kappa shape index (κ1) is 20.9. The number of carbonyl (C=O) groups excluding carboxylic acids is 2. The molecule has 162 valence electrons. The highest BCUT2D eigenvalue weighted by Crippen LogP contribution is 2.17. The van der Waals surface area contributed by atoms with Crippen molar-refractivity contribution in [3.63, 3.8) is 0 Å². The Labute approximate surface area is 182 Å². The van der Waals surface area contributed by atoms with Gasteiger partial charge in [-0.3, -0.25) is 9.59 Å². The second kappa shape index (κ2) is 9.64. The van der Waals surface area contributed by atoms with Crippen LogP contribution in [0.25, 0.3) is 11.0 Å². The number of piperazine rings is 1. The first-order chi connectivity index (χ1) is 15.2. The van der Waals surface area contributed by atoms with Crippen molar-refractivity contribution in [1.29, 1.82) is 0 Å². The first-order valence-corrected chi connectivity index (χ1v) is 10.9. The number of imidazole rings is 1. The Balaban J connectivity index is 1.24. The summed E-state index contributed by atoms with van der Waals surface area (Å²) in [5.74, 6) is 0.888. The van der Waals surface area contributed by atoms with Gasteiger partial charge in [-0.15, -0.1) is 0 Å². The Morgan fingerprint density at radius 3 is 2.42 bits per heavy atom. The summed E-state index contributed by atoms with van der Waals surface area (Å²) >= 11 is 0. The van der Waals surface area contributed by atoms with Gasteiger partial charge >= 0.3 is 0 Å². The summed E-state index contributed by atoms with van der Waals surface area (Å²) in [6.45, 7) is 5.68. The number of benzene rings is 2. The van der Waals surface area contributed by atoms with Gasteiger partial charge in [-0.2, -0.15) is 0 Å². The molecule has 2 aromatic carbocycles. The highest BCUT2D eigenvalue weighted by Gasteiger charge is 2.21. The van der Waals surface area contributed by atoms with Crippen LogP contribution in [0.3, 0.4) is 0 Å². The van der Waals surface area contributed by atoms with E-state index in [9.17, 15) is 9.59 Å². The van der Waals surface area contributed by atoms with Gasteiger partial charge in [0.2, 0.25) is 11.8 Å². The van der Waals surface area contributed by atoms with Crippen LogP contribution in [-0.2, 0) is 22.6 Å². The van der Waals surface area contributed by atoms with Crippen LogP contribution >= 0.6 is 0 Å². The number of hydrogen-bond acceptors (Lipinski definition) is 4. The minimum absolute atomic E-state index is 0.0929. The summed E-state index contributed by atoms with van der Waals surface area (Å²) in [6, 6.07) is 18.1. The van der Waals surface area contributed by atoms with Crippen molar-refractivity contribution in [2.45, 2.75) is 26.3 Å². The normalized spacial score (nSPS) is 14.1. The molecule has 4 rings (SSSR count). The molecule has 7 nitrogen and oxygen atoms in total. The minimum atomic E-state index is -0.0976. The van der Waals surface area contributed by atoms with Gasteiger partial charge in [0.15, 0.2) is 0 Å². The summed E-state index contributed by atoms with van der Waals surface area (Å²) in [5, 5.41) is 2.90. The number of hydrogen-bond donors (Lipinski definition) is 1. The lowest BCUT2D eigenvalue weighted by Gasteiger charge is -2.36. The number of amides is 2. The number of aromatic nitrogens is 2. The van der Waals surface area contributed by atoms with E-state index < -0.39 is 0 Å². The van der Waals surface area contributed by atoms with E-state index >= 15 is 0 Å². The van der Waals surface area contributed by atoms with E-state index in [4.69, 9.17) is 0 Å². The number of aryl methyl sites for hydroxylation is 1. The summed E-state index contributed by atoms with van der Waals surface area (Å²) in [7, 11) is 0. The van der Waals surface area contributed by atoms with Crippen molar-refractivity contribution in [2.75, 3.05) is 37.6 Å². The van der Waals surface area contributed by atoms with Crippen LogP contribution in [0, 0.1) is 0 Å². The number of nitrogens with one attached hydrogen (secondary N) is 1. The van der Waals surface area contributed by atoms with Crippen molar-refractivity contribution in [2.24, 2.45) is 0 Å². The zero-order valence-corrected chi connectivity index (χ0v) is 18.0. The number of fused-ring (bicyclic) bond motifs is 1. The van der Waals surface area contributed by atoms with Crippen molar-refractivity contribution < 1.29 is 9.59 Å². The molecule has 1 aromatic heterocycles. The summed E-state index contributed by atoms with van der Waals surface area (Å²) in [5.41, 5.74) is 3.05. The van der Waals surface area contributed by atoms with E-state index in [-0.39, 0.29) is 18.4 Å². The number of anilines is 1. The number of rotatable bonds is 7. The quantitative estimate of drug-likeness (QED) is 0.639. The third kappa shape index (κ3) is 4.87. The van der Waals surface area contributed by atoms with Crippen LogP contribution in [0.2, 0.25) is 0 Å². The molecule has 3 aromatic rings. The standard InChI is InChI=1S/C24H29N5O2/c1-2-22-26-20-10-6-7-11-21(20)29(22)18-23(30)25-13-12-24(31)28-16-14-27(15-17-28)19-8-4-3-5-9-19/h3-11H,2,12-18H2,1H3,(H,25,30). The maximum atomic E-state index is 12.6. The molecule has 1 aliphatic heterocycles. The molecule has 7 heteroatoms. The molecule has 1 saturated heterocycles. The Morgan fingerprint density at radius 1 is 0.968 bits per heavy atom. The lowest BCUT2D eigenvalue weighted by molar-refractivity contribution is -0.131. The van der Waals surface area contributed by atoms with E-state index in [0.717, 1.165) is 36.4 Å². The van der Waals surface area contributed by atoms with Gasteiger partial charge in [-0.25, -0.2) is 4.98 Å². The van der Waals surface area contributed by atoms with Gasteiger partial charge in [-0.05, 0) is 24.3 Å². The van der Waals surface area contributed by atoms with Gasteiger partial charge in [-0.1, -0.05) is 37.3 Å². The fourth-order valence-corrected chi connectivity index (χ4v) is 4.09. The molecule has 2 amide bonds. The number of carbonyl (C=O) groups is 2. The van der Waals surface area contributed by atoms with E-state index in [1.165, 1.54) is 5.69 Å². The van der Waals surface area contributed by atoms with E-state index in [2.05, 4.69) is 27.3 Å². The third-order valence-electron chi connectivity index (χ3n) is 5.77. The molecule has 0 spiro atoms. The Hall–Kier alpha value is -3.35. The van der Waals surface area contributed by atoms with E-state index in [0.29, 0.717) is 26.1 Å². The topological polar surface area (TPSA) is 70.5 Å². The number of para-hydroxylation sites is 3. The predicted molar refractivity (Wildman–Crippen MR) is 122 cm³/mol. The maximum Gasteiger partial charge on any atom is 0.240 e. The molecule has 2 heterocycles. The van der Waals surface area contributed by atoms with E-state index in [1.807, 2.05) is 58.9 Å². The fourth-order valence-electron chi connectivity index (χ4n) is 4.09. The minimum Gasteiger partial charge on any atom is -0.368 e. The molecule has 31 heavy (non-hydrogen) atoms. The summed E-state index contributed by atoms with van der Waals surface area (Å²) in [6.07, 6.45) is 1.08. The fraction of sp³-hybridized carbons (Fsp3) is 0.375. The highest BCUT2D eigenvalue weighted by molar-refractivity contribution is 5.82. The largest absolute Gasteiger partial charge is 0.368 e. The molecule has 1 N–H and O–H groups in total. The van der Waals surface area contributed by atoms with Crippen LogP contribution in [-0.4, -0.2) is 59.0 Å². The van der Waals surface area contributed by atoms with Crippen molar-refractivity contribution in [3.05, 3.63) is 60.4 Å². The molecule has 1 aliphatic rings. The Kier molecular flexibility index (Phi) is 6.50. The Morgan fingerprint density at radius 2 is 1.68 bits per heavy atom. The molecule has 0 aliphatic carbocycles. The molecule has 0 radical (unpaired) electrons. The van der Waals surface area contributed by atoms with Gasteiger partial charge in [0.05, 0.1) is 11.0 Å². The van der Waals surface area contributed by atoms with Crippen LogP contribution in [0.15, 0.2) is 54.6 Å². The molecule has 0 atom stereocenters. The Bertz CT molecular complexity index is 1040. The van der Waals surface area contributed by atoms with Gasteiger partial charge in [0.25, 0.3) is 0 Å². The molecule has 0 bridgehead atoms. The van der Waals surface area contributed by atoms with Crippen molar-refractivity contribution in [3.8, 4) is 0 Å². The smallest absolute Gasteiger partial charge is 0.240 e. The van der Waals surface area contributed by atoms with Crippen molar-refractivity contribution in [1.82, 2.24) is 19.8 Å². The van der Waals surface area contributed by atoms with Crippen LogP contribution in [0.1, 0.15) is 19.2 Å². The van der Waals surface area contributed by atoms with Gasteiger partial charge in [0, 0.05) is 51.3 Å². The monoisotopic (exact) mass is 419 g/mol. The van der Waals surface area contributed by atoms with Crippen LogP contribution in [0.4, 0.5) is 5.69 Å². The summed E-state index contributed by atoms with van der Waals surface area (Å²) < 4.78 is 1.95. The lowest BCUT2D eigenvalue weighted by Crippen LogP contribution is -2.49. The maximum absolute atomic E-state index is 12.6. The predicted octanol–water partition coefficient (Wildman–Crippen LogP) is 2.45. The van der Waals surface area contributed by atoms with Crippen LogP contribution < -0.4 is 10.2 Å². The highest BCUT2D eigenvalue weighted by atomic mass is 16.2. The van der Waals surface area contributed by atoms with Crippen molar-refractivity contribution >= 4 is 28.5 Å². The molecular weight excluding hydrogens is 390 g/mol. The first-order valence-electron chi connectivity index (χ1n) is 10.9. The zero-order valence-electron chi connectivity index (χ0n) is 18.0. The molecule has 0 unspecified atom stereocenters. The lowest BCUT2D eigenvalue weighted by atomic mass is 10.2. The van der Waals surface area contributed by atoms with Gasteiger partial charge < -0.3 is 19.7 Å². The molecule has 0 saturated carbocycles. The second-order valence-electron chi connectivity index (χ2n) is 7.76. The summed E-state index contributed by atoms with van der Waals surface area (Å²) in [4.78, 5) is 33.8. The second-order valence-corrected chi connectivity index (χ2v) is 7.76. The SMILES string of the molecule is CCc1nc2ccccc2n1CC(=O)NCCC(=O)N1CCN(c2ccccc2)CC1. The number of nitrogens with zero attached hydrogens (tertiary/aromatic N) is 4. The molecule has 1 fully saturated rings. The average Bonchev–Trinajstić information content (AvgIpc) is 3.17. The van der Waals surface area contributed by atoms with Crippen LogP contribution in [0.5, 0.6) is 0 Å².